The molecule has 0 aliphatic carbocycles. The van der Waals surface area contributed by atoms with Crippen molar-refractivity contribution in [2.45, 2.75) is 9.92 Å². The van der Waals surface area contributed by atoms with Gasteiger partial charge in [0, 0.05) is 12.1 Å². The number of halogens is 2. The van der Waals surface area contributed by atoms with Gasteiger partial charge in [0.05, 0.1) is 15.5 Å². The molecule has 0 fully saturated rings. The maximum absolute atomic E-state index is 12.8. The lowest BCUT2D eigenvalue weighted by molar-refractivity contribution is 0.580. The van der Waals surface area contributed by atoms with Crippen molar-refractivity contribution >= 4 is 38.9 Å². The number of hydrogen-bond donors (Lipinski definition) is 1. The zero-order chi connectivity index (χ0) is 17.3. The quantitative estimate of drug-likeness (QED) is 0.717. The van der Waals surface area contributed by atoms with Gasteiger partial charge in [-0.25, -0.2) is 8.42 Å². The highest BCUT2D eigenvalue weighted by Crippen LogP contribution is 2.34. The summed E-state index contributed by atoms with van der Waals surface area (Å²) in [6, 6.07) is 12.7. The third-order valence-electron chi connectivity index (χ3n) is 3.31. The van der Waals surface area contributed by atoms with Crippen LogP contribution in [0.1, 0.15) is 0 Å². The molecule has 0 saturated carbocycles. The molecule has 2 aromatic carbocycles. The van der Waals surface area contributed by atoms with Gasteiger partial charge in [-0.3, -0.25) is 0 Å². The number of nitrogens with zero attached hydrogens (tertiary/aromatic N) is 1. The Kier molecular flexibility index (Phi) is 4.54. The first kappa shape index (κ1) is 16.8. The van der Waals surface area contributed by atoms with Crippen molar-refractivity contribution < 1.29 is 12.8 Å². The zero-order valence-corrected chi connectivity index (χ0v) is 14.8. The molecule has 1 aromatic heterocycles. The predicted octanol–water partition coefficient (Wildman–Crippen LogP) is 4.52. The number of aromatic nitrogens is 1. The lowest BCUT2D eigenvalue weighted by atomic mass is 10.2. The van der Waals surface area contributed by atoms with Gasteiger partial charge in [-0.1, -0.05) is 35.3 Å². The van der Waals surface area contributed by atoms with Crippen LogP contribution in [-0.4, -0.2) is 20.4 Å². The molecule has 0 amide bonds. The van der Waals surface area contributed by atoms with E-state index in [9.17, 15) is 8.42 Å². The van der Waals surface area contributed by atoms with Crippen molar-refractivity contribution in [1.29, 1.82) is 0 Å². The van der Waals surface area contributed by atoms with Gasteiger partial charge in [0.1, 0.15) is 0 Å². The fourth-order valence-corrected chi connectivity index (χ4v) is 3.77. The van der Waals surface area contributed by atoms with Crippen molar-refractivity contribution in [3.8, 4) is 11.5 Å². The average molecular weight is 383 g/mol. The van der Waals surface area contributed by atoms with Crippen LogP contribution in [-0.2, 0) is 9.84 Å². The number of anilines is 1. The van der Waals surface area contributed by atoms with Crippen molar-refractivity contribution in [3.63, 3.8) is 0 Å². The molecule has 0 saturated heterocycles. The summed E-state index contributed by atoms with van der Waals surface area (Å²) in [4.78, 5) is 4.22. The Labute approximate surface area is 149 Å². The van der Waals surface area contributed by atoms with Crippen LogP contribution >= 0.6 is 23.2 Å². The summed E-state index contributed by atoms with van der Waals surface area (Å²) >= 11 is 11.9. The Hall–Kier alpha value is -2.02. The van der Waals surface area contributed by atoms with E-state index in [4.69, 9.17) is 27.6 Å². The topological polar surface area (TPSA) is 72.2 Å². The van der Waals surface area contributed by atoms with Crippen molar-refractivity contribution in [2.24, 2.45) is 0 Å². The van der Waals surface area contributed by atoms with Crippen LogP contribution in [0.25, 0.3) is 11.5 Å². The minimum atomic E-state index is -3.87. The molecular weight excluding hydrogens is 371 g/mol. The first-order chi connectivity index (χ1) is 11.4. The number of benzene rings is 2. The standard InChI is InChI=1S/C16H12Cl2N2O3S/c1-19-15-16(24(21,22)11-8-6-10(17)7-9-11)20-14(23-15)12-4-2-3-5-13(12)18/h2-9,19H,1H3. The number of rotatable bonds is 4. The fraction of sp³-hybridized carbons (Fsp3) is 0.0625. The summed E-state index contributed by atoms with van der Waals surface area (Å²) in [5.41, 5.74) is 0.508. The summed E-state index contributed by atoms with van der Waals surface area (Å²) in [6.45, 7) is 0. The Balaban J connectivity index is 2.15. The molecule has 0 unspecified atom stereocenters. The van der Waals surface area contributed by atoms with Gasteiger partial charge in [0.25, 0.3) is 0 Å². The second-order valence-electron chi connectivity index (χ2n) is 4.84. The highest BCUT2D eigenvalue weighted by molar-refractivity contribution is 7.91. The van der Waals surface area contributed by atoms with Gasteiger partial charge in [-0.15, -0.1) is 0 Å². The maximum atomic E-state index is 12.8. The largest absolute Gasteiger partial charge is 0.419 e. The monoisotopic (exact) mass is 382 g/mol. The van der Waals surface area contributed by atoms with Crippen LogP contribution in [0.15, 0.2) is 62.9 Å². The van der Waals surface area contributed by atoms with Crippen molar-refractivity contribution in [2.75, 3.05) is 12.4 Å². The molecule has 0 spiro atoms. The van der Waals surface area contributed by atoms with Crippen molar-refractivity contribution in [3.05, 3.63) is 58.6 Å². The third-order valence-corrected chi connectivity index (χ3v) is 5.57. The van der Waals surface area contributed by atoms with E-state index in [-0.39, 0.29) is 21.7 Å². The van der Waals surface area contributed by atoms with E-state index < -0.39 is 9.84 Å². The Morgan fingerprint density at radius 1 is 1.04 bits per heavy atom. The van der Waals surface area contributed by atoms with Crippen LogP contribution < -0.4 is 5.32 Å². The first-order valence-corrected chi connectivity index (χ1v) is 9.11. The second kappa shape index (κ2) is 6.47. The molecule has 5 nitrogen and oxygen atoms in total. The SMILES string of the molecule is CNc1oc(-c2ccccc2Cl)nc1S(=O)(=O)c1ccc(Cl)cc1. The van der Waals surface area contributed by atoms with E-state index in [2.05, 4.69) is 10.3 Å². The molecule has 1 heterocycles. The number of nitrogens with one attached hydrogen (secondary N) is 1. The molecule has 1 N–H and O–H groups in total. The number of hydrogen-bond acceptors (Lipinski definition) is 5. The van der Waals surface area contributed by atoms with Gasteiger partial charge >= 0.3 is 0 Å². The van der Waals surface area contributed by atoms with Gasteiger partial charge in [-0.05, 0) is 36.4 Å². The van der Waals surface area contributed by atoms with Gasteiger partial charge in [-0.2, -0.15) is 4.98 Å². The van der Waals surface area contributed by atoms with Crippen LogP contribution in [0.4, 0.5) is 5.88 Å². The maximum Gasteiger partial charge on any atom is 0.233 e. The molecular formula is C16H12Cl2N2O3S. The predicted molar refractivity (Wildman–Crippen MR) is 93.4 cm³/mol. The van der Waals surface area contributed by atoms with Gasteiger partial charge < -0.3 is 9.73 Å². The fourth-order valence-electron chi connectivity index (χ4n) is 2.12. The van der Waals surface area contributed by atoms with Crippen LogP contribution in [0.3, 0.4) is 0 Å². The number of oxazole rings is 1. The molecule has 3 rings (SSSR count). The summed E-state index contributed by atoms with van der Waals surface area (Å²) < 4.78 is 31.2. The minimum absolute atomic E-state index is 0.0415. The smallest absolute Gasteiger partial charge is 0.233 e. The van der Waals surface area contributed by atoms with Gasteiger partial charge in [0.2, 0.25) is 26.6 Å². The Morgan fingerprint density at radius 3 is 2.33 bits per heavy atom. The minimum Gasteiger partial charge on any atom is -0.419 e. The summed E-state index contributed by atoms with van der Waals surface area (Å²) in [7, 11) is -2.31. The lowest BCUT2D eigenvalue weighted by Gasteiger charge is -2.02. The Morgan fingerprint density at radius 2 is 1.71 bits per heavy atom. The third kappa shape index (κ3) is 3.00. The van der Waals surface area contributed by atoms with Crippen LogP contribution in [0.5, 0.6) is 0 Å². The number of sulfone groups is 1. The van der Waals surface area contributed by atoms with E-state index in [1.807, 2.05) is 0 Å². The zero-order valence-electron chi connectivity index (χ0n) is 12.5. The molecule has 3 aromatic rings. The molecule has 0 aliphatic heterocycles. The van der Waals surface area contributed by atoms with E-state index in [1.165, 1.54) is 24.3 Å². The first-order valence-electron chi connectivity index (χ1n) is 6.87. The van der Waals surface area contributed by atoms with E-state index in [1.54, 1.807) is 31.3 Å². The highest BCUT2D eigenvalue weighted by atomic mass is 35.5. The van der Waals surface area contributed by atoms with Gasteiger partial charge in [0.15, 0.2) is 0 Å². The van der Waals surface area contributed by atoms with E-state index in [0.29, 0.717) is 15.6 Å². The molecule has 0 aliphatic rings. The normalized spacial score (nSPS) is 11.5. The average Bonchev–Trinajstić information content (AvgIpc) is 3.00. The Bertz CT molecular complexity index is 983. The molecule has 0 bridgehead atoms. The van der Waals surface area contributed by atoms with E-state index in [0.717, 1.165) is 0 Å². The second-order valence-corrected chi connectivity index (χ2v) is 7.55. The molecule has 0 atom stereocenters. The highest BCUT2D eigenvalue weighted by Gasteiger charge is 2.28. The van der Waals surface area contributed by atoms with Crippen LogP contribution in [0.2, 0.25) is 10.0 Å². The molecule has 24 heavy (non-hydrogen) atoms. The van der Waals surface area contributed by atoms with Crippen molar-refractivity contribution in [1.82, 2.24) is 4.98 Å². The van der Waals surface area contributed by atoms with Crippen LogP contribution in [0, 0.1) is 0 Å². The summed E-state index contributed by atoms with van der Waals surface area (Å²) in [6.07, 6.45) is 0. The summed E-state index contributed by atoms with van der Waals surface area (Å²) in [5.74, 6) is 0.164. The molecule has 124 valence electrons. The lowest BCUT2D eigenvalue weighted by Crippen LogP contribution is -2.05. The molecule has 8 heteroatoms. The van der Waals surface area contributed by atoms with E-state index >= 15 is 0 Å². The summed E-state index contributed by atoms with van der Waals surface area (Å²) in [5, 5.41) is 3.37. The molecule has 0 radical (unpaired) electrons.